The van der Waals surface area contributed by atoms with E-state index in [1.165, 1.54) is 4.90 Å². The summed E-state index contributed by atoms with van der Waals surface area (Å²) in [5, 5.41) is 6.40. The van der Waals surface area contributed by atoms with Crippen molar-refractivity contribution in [2.45, 2.75) is 30.2 Å². The fourth-order valence-corrected chi connectivity index (χ4v) is 3.18. The van der Waals surface area contributed by atoms with E-state index in [-0.39, 0.29) is 5.91 Å². The van der Waals surface area contributed by atoms with Crippen molar-refractivity contribution in [3.63, 3.8) is 0 Å². The van der Waals surface area contributed by atoms with Crippen LogP contribution in [0, 0.1) is 0 Å². The Kier molecular flexibility index (Phi) is 6.20. The Morgan fingerprint density at radius 2 is 2.21 bits per heavy atom. The molecule has 0 radical (unpaired) electrons. The minimum Gasteiger partial charge on any atom is -0.352 e. The molecule has 104 valence electrons. The lowest BCUT2D eigenvalue weighted by Crippen LogP contribution is -2.45. The second kappa shape index (κ2) is 7.92. The zero-order chi connectivity index (χ0) is 13.5. The number of amides is 1. The molecule has 1 fully saturated rings. The van der Waals surface area contributed by atoms with Crippen LogP contribution in [0.25, 0.3) is 0 Å². The summed E-state index contributed by atoms with van der Waals surface area (Å²) in [6.07, 6.45) is 2.83. The summed E-state index contributed by atoms with van der Waals surface area (Å²) in [4.78, 5) is 13.0. The molecule has 1 aromatic rings. The van der Waals surface area contributed by atoms with Crippen molar-refractivity contribution in [1.82, 2.24) is 10.6 Å². The number of carbonyl (C=O) groups is 1. The number of hydrogen-bond acceptors (Lipinski definition) is 3. The highest BCUT2D eigenvalue weighted by Crippen LogP contribution is 2.21. The van der Waals surface area contributed by atoms with Crippen molar-refractivity contribution in [2.75, 3.05) is 18.8 Å². The molecule has 0 aliphatic carbocycles. The normalized spacial score (nSPS) is 19.1. The van der Waals surface area contributed by atoms with Gasteiger partial charge >= 0.3 is 0 Å². The van der Waals surface area contributed by atoms with Gasteiger partial charge in [-0.2, -0.15) is 0 Å². The van der Waals surface area contributed by atoms with E-state index in [1.54, 1.807) is 11.8 Å². The van der Waals surface area contributed by atoms with E-state index >= 15 is 0 Å². The highest BCUT2D eigenvalue weighted by molar-refractivity contribution is 9.10. The number of carbonyl (C=O) groups excluding carboxylic acids is 1. The van der Waals surface area contributed by atoms with Crippen LogP contribution >= 0.6 is 27.7 Å². The molecule has 2 rings (SSSR count). The Balaban J connectivity index is 1.64. The lowest BCUT2D eigenvalue weighted by molar-refractivity contribution is -0.121. The van der Waals surface area contributed by atoms with Gasteiger partial charge in [-0.3, -0.25) is 4.79 Å². The Morgan fingerprint density at radius 3 is 2.89 bits per heavy atom. The predicted octanol–water partition coefficient (Wildman–Crippen LogP) is 2.80. The number of nitrogens with one attached hydrogen (secondary N) is 2. The van der Waals surface area contributed by atoms with E-state index in [0.717, 1.165) is 36.2 Å². The molecule has 1 saturated heterocycles. The second-order valence-corrected chi connectivity index (χ2v) is 6.75. The van der Waals surface area contributed by atoms with Gasteiger partial charge in [-0.25, -0.2) is 0 Å². The summed E-state index contributed by atoms with van der Waals surface area (Å²) >= 11 is 5.13. The van der Waals surface area contributed by atoms with E-state index in [9.17, 15) is 4.79 Å². The van der Waals surface area contributed by atoms with Crippen LogP contribution in [-0.2, 0) is 4.79 Å². The number of hydrogen-bond donors (Lipinski definition) is 2. The van der Waals surface area contributed by atoms with Crippen LogP contribution < -0.4 is 10.6 Å². The molecule has 0 saturated carbocycles. The van der Waals surface area contributed by atoms with Gasteiger partial charge in [0, 0.05) is 34.1 Å². The van der Waals surface area contributed by atoms with E-state index < -0.39 is 0 Å². The Hall–Kier alpha value is -0.520. The average molecular weight is 343 g/mol. The monoisotopic (exact) mass is 342 g/mol. The summed E-state index contributed by atoms with van der Waals surface area (Å²) < 4.78 is 1.08. The summed E-state index contributed by atoms with van der Waals surface area (Å²) in [6, 6.07) is 8.50. The van der Waals surface area contributed by atoms with E-state index in [2.05, 4.69) is 38.7 Å². The highest BCUT2D eigenvalue weighted by Gasteiger charge is 2.14. The van der Waals surface area contributed by atoms with Crippen molar-refractivity contribution in [3.8, 4) is 0 Å². The smallest absolute Gasteiger partial charge is 0.221 e. The molecule has 0 unspecified atom stereocenters. The molecule has 0 bridgehead atoms. The largest absolute Gasteiger partial charge is 0.352 e. The van der Waals surface area contributed by atoms with Gasteiger partial charge in [0.25, 0.3) is 0 Å². The van der Waals surface area contributed by atoms with Gasteiger partial charge in [0.05, 0.1) is 0 Å². The average Bonchev–Trinajstić information content (AvgIpc) is 2.42. The molecule has 1 amide bonds. The standard InChI is InChI=1S/C14H19BrN2OS/c15-11-3-5-13(6-4-11)19-9-7-14(18)17-12-2-1-8-16-10-12/h3-6,12,16H,1-2,7-10H2,(H,17,18)/t12-/m0/s1. The van der Waals surface area contributed by atoms with Crippen LogP contribution in [0.1, 0.15) is 19.3 Å². The van der Waals surface area contributed by atoms with Crippen LogP contribution in [0.4, 0.5) is 0 Å². The van der Waals surface area contributed by atoms with Gasteiger partial charge < -0.3 is 10.6 Å². The van der Waals surface area contributed by atoms with Gasteiger partial charge in [-0.15, -0.1) is 11.8 Å². The zero-order valence-corrected chi connectivity index (χ0v) is 13.2. The number of halogens is 1. The molecule has 19 heavy (non-hydrogen) atoms. The molecule has 1 heterocycles. The summed E-state index contributed by atoms with van der Waals surface area (Å²) in [7, 11) is 0. The Morgan fingerprint density at radius 1 is 1.42 bits per heavy atom. The summed E-state index contributed by atoms with van der Waals surface area (Å²) in [5.41, 5.74) is 0. The van der Waals surface area contributed by atoms with Gasteiger partial charge in [-0.05, 0) is 43.7 Å². The number of benzene rings is 1. The molecule has 1 aliphatic rings. The maximum absolute atomic E-state index is 11.8. The highest BCUT2D eigenvalue weighted by atomic mass is 79.9. The SMILES string of the molecule is O=C(CCSc1ccc(Br)cc1)N[C@H]1CCCNC1. The molecular formula is C14H19BrN2OS. The first-order valence-corrected chi connectivity index (χ1v) is 8.40. The van der Waals surface area contributed by atoms with Gasteiger partial charge in [0.2, 0.25) is 5.91 Å². The van der Waals surface area contributed by atoms with Gasteiger partial charge in [0.1, 0.15) is 0 Å². The second-order valence-electron chi connectivity index (χ2n) is 4.66. The van der Waals surface area contributed by atoms with Crippen LogP contribution in [-0.4, -0.2) is 30.8 Å². The fourth-order valence-electron chi connectivity index (χ4n) is 2.07. The molecule has 0 aromatic heterocycles. The van der Waals surface area contributed by atoms with E-state index in [0.29, 0.717) is 12.5 Å². The van der Waals surface area contributed by atoms with Gasteiger partial charge in [-0.1, -0.05) is 15.9 Å². The molecule has 5 heteroatoms. The molecule has 3 nitrogen and oxygen atoms in total. The summed E-state index contributed by atoms with van der Waals surface area (Å²) in [5.74, 6) is 0.992. The van der Waals surface area contributed by atoms with Gasteiger partial charge in [0.15, 0.2) is 0 Å². The Labute approximate surface area is 127 Å². The topological polar surface area (TPSA) is 41.1 Å². The van der Waals surface area contributed by atoms with Crippen molar-refractivity contribution >= 4 is 33.6 Å². The maximum atomic E-state index is 11.8. The maximum Gasteiger partial charge on any atom is 0.221 e. The minimum absolute atomic E-state index is 0.165. The predicted molar refractivity (Wildman–Crippen MR) is 83.5 cm³/mol. The third-order valence-electron chi connectivity index (χ3n) is 3.07. The van der Waals surface area contributed by atoms with Crippen molar-refractivity contribution in [2.24, 2.45) is 0 Å². The first-order chi connectivity index (χ1) is 9.24. The van der Waals surface area contributed by atoms with Crippen LogP contribution in [0.2, 0.25) is 0 Å². The number of rotatable bonds is 5. The first kappa shape index (κ1) is 14.9. The molecule has 1 aliphatic heterocycles. The third-order valence-corrected chi connectivity index (χ3v) is 4.62. The molecule has 1 atom stereocenters. The zero-order valence-electron chi connectivity index (χ0n) is 10.8. The van der Waals surface area contributed by atoms with E-state index in [4.69, 9.17) is 0 Å². The molecule has 2 N–H and O–H groups in total. The van der Waals surface area contributed by atoms with Crippen molar-refractivity contribution in [1.29, 1.82) is 0 Å². The van der Waals surface area contributed by atoms with Crippen LogP contribution in [0.5, 0.6) is 0 Å². The van der Waals surface area contributed by atoms with E-state index in [1.807, 2.05) is 12.1 Å². The van der Waals surface area contributed by atoms with Crippen molar-refractivity contribution < 1.29 is 4.79 Å². The number of thioether (sulfide) groups is 1. The van der Waals surface area contributed by atoms with Crippen LogP contribution in [0.15, 0.2) is 33.6 Å². The number of piperidine rings is 1. The molecule has 0 spiro atoms. The molecule has 1 aromatic carbocycles. The van der Waals surface area contributed by atoms with Crippen LogP contribution in [0.3, 0.4) is 0 Å². The minimum atomic E-state index is 0.165. The first-order valence-electron chi connectivity index (χ1n) is 6.62. The Bertz CT molecular complexity index is 404. The summed E-state index contributed by atoms with van der Waals surface area (Å²) in [6.45, 7) is 1.98. The lowest BCUT2D eigenvalue weighted by Gasteiger charge is -2.23. The lowest BCUT2D eigenvalue weighted by atomic mass is 10.1. The molecular weight excluding hydrogens is 324 g/mol. The third kappa shape index (κ3) is 5.55. The fraction of sp³-hybridized carbons (Fsp3) is 0.500. The van der Waals surface area contributed by atoms with Crippen molar-refractivity contribution in [3.05, 3.63) is 28.7 Å². The quantitative estimate of drug-likeness (QED) is 0.808.